The van der Waals surface area contributed by atoms with Gasteiger partial charge in [0.15, 0.2) is 0 Å². The molecule has 17 heavy (non-hydrogen) atoms. The Morgan fingerprint density at radius 3 is 2.82 bits per heavy atom. The second-order valence-corrected chi connectivity index (χ2v) is 5.41. The van der Waals surface area contributed by atoms with Gasteiger partial charge in [0.1, 0.15) is 5.78 Å². The normalized spacial score (nSPS) is 22.7. The van der Waals surface area contributed by atoms with Crippen molar-refractivity contribution in [1.29, 1.82) is 0 Å². The number of para-hydroxylation sites is 1. The third kappa shape index (κ3) is 2.21. The summed E-state index contributed by atoms with van der Waals surface area (Å²) in [6.07, 6.45) is 5.40. The minimum absolute atomic E-state index is 0.402. The van der Waals surface area contributed by atoms with Crippen LogP contribution in [0, 0.1) is 5.92 Å². The van der Waals surface area contributed by atoms with Gasteiger partial charge in [-0.3, -0.25) is 4.79 Å². The zero-order valence-electron chi connectivity index (χ0n) is 10.1. The van der Waals surface area contributed by atoms with Crippen molar-refractivity contribution in [3.63, 3.8) is 0 Å². The standard InChI is InChI=1S/C15H19NO/c17-13(8-11-4-3-5-11)9-12-10-16-15-7-2-1-6-14(12)15/h1-2,6-7,11-12,16H,3-5,8-10H2. The molecule has 1 aliphatic carbocycles. The van der Waals surface area contributed by atoms with Gasteiger partial charge >= 0.3 is 0 Å². The molecule has 0 saturated heterocycles. The second kappa shape index (κ2) is 4.52. The summed E-state index contributed by atoms with van der Waals surface area (Å²) in [4.78, 5) is 12.0. The van der Waals surface area contributed by atoms with Crippen LogP contribution >= 0.6 is 0 Å². The zero-order chi connectivity index (χ0) is 11.7. The smallest absolute Gasteiger partial charge is 0.133 e. The van der Waals surface area contributed by atoms with E-state index in [-0.39, 0.29) is 0 Å². The van der Waals surface area contributed by atoms with Crippen LogP contribution in [-0.4, -0.2) is 12.3 Å². The van der Waals surface area contributed by atoms with Crippen LogP contribution in [0.4, 0.5) is 5.69 Å². The minimum atomic E-state index is 0.402. The van der Waals surface area contributed by atoms with E-state index < -0.39 is 0 Å². The lowest BCUT2D eigenvalue weighted by atomic mass is 9.80. The quantitative estimate of drug-likeness (QED) is 0.858. The Bertz CT molecular complexity index is 423. The molecule has 2 nitrogen and oxygen atoms in total. The van der Waals surface area contributed by atoms with E-state index in [0.717, 1.165) is 19.4 Å². The van der Waals surface area contributed by atoms with Gasteiger partial charge in [0.05, 0.1) is 0 Å². The molecule has 2 aliphatic rings. The highest BCUT2D eigenvalue weighted by Crippen LogP contribution is 2.35. The Balaban J connectivity index is 1.60. The first kappa shape index (κ1) is 10.8. The third-order valence-electron chi connectivity index (χ3n) is 4.15. The molecule has 1 atom stereocenters. The van der Waals surface area contributed by atoms with Crippen molar-refractivity contribution in [1.82, 2.24) is 0 Å². The summed E-state index contributed by atoms with van der Waals surface area (Å²) in [6, 6.07) is 8.36. The van der Waals surface area contributed by atoms with Crippen LogP contribution in [-0.2, 0) is 4.79 Å². The van der Waals surface area contributed by atoms with E-state index in [1.807, 2.05) is 6.07 Å². The molecule has 1 aromatic carbocycles. The highest BCUT2D eigenvalue weighted by Gasteiger charge is 2.26. The number of fused-ring (bicyclic) bond motifs is 1. The lowest BCUT2D eigenvalue weighted by molar-refractivity contribution is -0.120. The SMILES string of the molecule is O=C(CC1CCC1)CC1CNc2ccccc21. The fourth-order valence-corrected chi connectivity index (χ4v) is 2.92. The first-order chi connectivity index (χ1) is 8.33. The molecule has 0 spiro atoms. The van der Waals surface area contributed by atoms with Gasteiger partial charge in [-0.1, -0.05) is 37.5 Å². The van der Waals surface area contributed by atoms with E-state index in [4.69, 9.17) is 0 Å². The van der Waals surface area contributed by atoms with Gasteiger partial charge in [-0.2, -0.15) is 0 Å². The largest absolute Gasteiger partial charge is 0.384 e. The molecular weight excluding hydrogens is 210 g/mol. The molecule has 0 amide bonds. The lowest BCUT2D eigenvalue weighted by Gasteiger charge is -2.24. The Labute approximate surface area is 102 Å². The molecule has 1 fully saturated rings. The van der Waals surface area contributed by atoms with E-state index in [2.05, 4.69) is 23.5 Å². The maximum atomic E-state index is 12.0. The topological polar surface area (TPSA) is 29.1 Å². The number of benzene rings is 1. The monoisotopic (exact) mass is 229 g/mol. The number of carbonyl (C=O) groups is 1. The average Bonchev–Trinajstić information content (AvgIpc) is 2.68. The molecule has 1 unspecified atom stereocenters. The summed E-state index contributed by atoms with van der Waals surface area (Å²) >= 11 is 0. The van der Waals surface area contributed by atoms with Crippen molar-refractivity contribution >= 4 is 11.5 Å². The molecule has 1 heterocycles. The molecule has 0 bridgehead atoms. The van der Waals surface area contributed by atoms with E-state index in [1.165, 1.54) is 30.5 Å². The van der Waals surface area contributed by atoms with Crippen LogP contribution in [0.25, 0.3) is 0 Å². The van der Waals surface area contributed by atoms with E-state index in [9.17, 15) is 4.79 Å². The molecule has 1 aromatic rings. The predicted octanol–water partition coefficient (Wildman–Crippen LogP) is 3.35. The van der Waals surface area contributed by atoms with E-state index >= 15 is 0 Å². The number of hydrogen-bond donors (Lipinski definition) is 1. The van der Waals surface area contributed by atoms with Gasteiger partial charge in [-0.15, -0.1) is 0 Å². The Kier molecular flexibility index (Phi) is 2.87. The van der Waals surface area contributed by atoms with E-state index in [1.54, 1.807) is 0 Å². The van der Waals surface area contributed by atoms with Crippen molar-refractivity contribution in [3.05, 3.63) is 29.8 Å². The number of ketones is 1. The molecule has 0 radical (unpaired) electrons. The molecule has 3 rings (SSSR count). The van der Waals surface area contributed by atoms with Crippen LogP contribution in [0.2, 0.25) is 0 Å². The summed E-state index contributed by atoms with van der Waals surface area (Å²) in [7, 11) is 0. The highest BCUT2D eigenvalue weighted by atomic mass is 16.1. The Hall–Kier alpha value is -1.31. The second-order valence-electron chi connectivity index (χ2n) is 5.41. The summed E-state index contributed by atoms with van der Waals surface area (Å²) in [5.41, 5.74) is 2.54. The molecule has 1 N–H and O–H groups in total. The number of rotatable bonds is 4. The Morgan fingerprint density at radius 1 is 1.24 bits per heavy atom. The van der Waals surface area contributed by atoms with Crippen LogP contribution < -0.4 is 5.32 Å². The van der Waals surface area contributed by atoms with Crippen molar-refractivity contribution < 1.29 is 4.79 Å². The maximum Gasteiger partial charge on any atom is 0.133 e. The van der Waals surface area contributed by atoms with Gasteiger partial charge in [-0.05, 0) is 17.5 Å². The highest BCUT2D eigenvalue weighted by molar-refractivity contribution is 5.80. The van der Waals surface area contributed by atoms with Gasteiger partial charge in [-0.25, -0.2) is 0 Å². The van der Waals surface area contributed by atoms with Crippen molar-refractivity contribution in [2.75, 3.05) is 11.9 Å². The van der Waals surface area contributed by atoms with Gasteiger partial charge in [0, 0.05) is 31.0 Å². The third-order valence-corrected chi connectivity index (χ3v) is 4.15. The fourth-order valence-electron chi connectivity index (χ4n) is 2.92. The fraction of sp³-hybridized carbons (Fsp3) is 0.533. The summed E-state index contributed by atoms with van der Waals surface area (Å²) in [6.45, 7) is 0.926. The van der Waals surface area contributed by atoms with Crippen molar-refractivity contribution in [2.24, 2.45) is 5.92 Å². The van der Waals surface area contributed by atoms with Gasteiger partial charge in [0.25, 0.3) is 0 Å². The van der Waals surface area contributed by atoms with Crippen molar-refractivity contribution in [3.8, 4) is 0 Å². The maximum absolute atomic E-state index is 12.0. The predicted molar refractivity (Wildman–Crippen MR) is 69.3 cm³/mol. The van der Waals surface area contributed by atoms with Gasteiger partial charge < -0.3 is 5.32 Å². The van der Waals surface area contributed by atoms with E-state index in [0.29, 0.717) is 17.6 Å². The molecule has 1 saturated carbocycles. The molecule has 1 aliphatic heterocycles. The lowest BCUT2D eigenvalue weighted by Crippen LogP contribution is -2.18. The first-order valence-electron chi connectivity index (χ1n) is 6.67. The number of Topliss-reactive ketones (excluding diaryl/α,β-unsaturated/α-hetero) is 1. The van der Waals surface area contributed by atoms with Crippen LogP contribution in [0.3, 0.4) is 0 Å². The van der Waals surface area contributed by atoms with Crippen LogP contribution in [0.5, 0.6) is 0 Å². The molecular formula is C15H19NO. The average molecular weight is 229 g/mol. The zero-order valence-corrected chi connectivity index (χ0v) is 10.1. The number of carbonyl (C=O) groups excluding carboxylic acids is 1. The minimum Gasteiger partial charge on any atom is -0.384 e. The number of anilines is 1. The Morgan fingerprint density at radius 2 is 2.06 bits per heavy atom. The van der Waals surface area contributed by atoms with Gasteiger partial charge in [0.2, 0.25) is 0 Å². The summed E-state index contributed by atoms with van der Waals surface area (Å²) in [5.74, 6) is 1.56. The number of nitrogens with one attached hydrogen (secondary N) is 1. The summed E-state index contributed by atoms with van der Waals surface area (Å²) in [5, 5.41) is 3.38. The van der Waals surface area contributed by atoms with Crippen LogP contribution in [0.1, 0.15) is 43.6 Å². The molecule has 0 aromatic heterocycles. The van der Waals surface area contributed by atoms with Crippen molar-refractivity contribution in [2.45, 2.75) is 38.0 Å². The molecule has 90 valence electrons. The first-order valence-corrected chi connectivity index (χ1v) is 6.67. The molecule has 2 heteroatoms. The van der Waals surface area contributed by atoms with Crippen LogP contribution in [0.15, 0.2) is 24.3 Å². The number of hydrogen-bond acceptors (Lipinski definition) is 2. The summed E-state index contributed by atoms with van der Waals surface area (Å²) < 4.78 is 0.